The molecule has 0 saturated heterocycles. The number of likely N-dealkylation sites (N-methyl/N-ethyl adjacent to an activating group) is 1. The van der Waals surface area contributed by atoms with Crippen LogP contribution in [0.1, 0.15) is 13.8 Å². The molecule has 0 unspecified atom stereocenters. The predicted octanol–water partition coefficient (Wildman–Crippen LogP) is 1.34. The molecule has 1 aromatic carbocycles. The minimum absolute atomic E-state index is 0.0792. The molecule has 0 aliphatic carbocycles. The summed E-state index contributed by atoms with van der Waals surface area (Å²) in [7, 11) is 1.57. The molecule has 0 heterocycles. The Kier molecular flexibility index (Phi) is 5.44. The molecular weight excluding hydrogens is 270 g/mol. The van der Waals surface area contributed by atoms with Crippen molar-refractivity contribution >= 4 is 17.6 Å². The maximum Gasteiger partial charge on any atom is 0.323 e. The predicted molar refractivity (Wildman–Crippen MR) is 78.8 cm³/mol. The highest BCUT2D eigenvalue weighted by molar-refractivity contribution is 5.95. The zero-order valence-electron chi connectivity index (χ0n) is 12.4. The summed E-state index contributed by atoms with van der Waals surface area (Å²) in [6.07, 6.45) is 0. The van der Waals surface area contributed by atoms with E-state index in [2.05, 4.69) is 0 Å². The number of para-hydroxylation sites is 1. The van der Waals surface area contributed by atoms with Gasteiger partial charge in [0, 0.05) is 5.69 Å². The molecule has 112 valence electrons. The van der Waals surface area contributed by atoms with Gasteiger partial charge in [-0.2, -0.15) is 5.26 Å². The summed E-state index contributed by atoms with van der Waals surface area (Å²) in [6.45, 7) is 2.89. The third kappa shape index (κ3) is 4.04. The first kappa shape index (κ1) is 16.7. The molecule has 0 aromatic heterocycles. The maximum atomic E-state index is 12.4. The van der Waals surface area contributed by atoms with Crippen molar-refractivity contribution in [2.24, 2.45) is 0 Å². The molecule has 21 heavy (non-hydrogen) atoms. The summed E-state index contributed by atoms with van der Waals surface area (Å²) < 4.78 is 0. The first-order valence-corrected chi connectivity index (χ1v) is 6.47. The number of benzene rings is 1. The van der Waals surface area contributed by atoms with E-state index in [1.807, 2.05) is 12.1 Å². The molecule has 0 aliphatic heterocycles. The topological polar surface area (TPSA) is 84.6 Å². The average Bonchev–Trinajstić information content (AvgIpc) is 2.45. The highest BCUT2D eigenvalue weighted by Gasteiger charge is 2.34. The number of carbonyl (C=O) groups is 2. The molecule has 6 nitrogen and oxygen atoms in total. The number of nitriles is 1. The number of aliphatic carboxylic acids is 1. The van der Waals surface area contributed by atoms with Crippen molar-refractivity contribution in [2.75, 3.05) is 25.0 Å². The van der Waals surface area contributed by atoms with Crippen LogP contribution < -0.4 is 4.90 Å². The lowest BCUT2D eigenvalue weighted by molar-refractivity contribution is -0.149. The number of carboxylic acids is 1. The van der Waals surface area contributed by atoms with E-state index in [1.54, 1.807) is 31.3 Å². The molecule has 0 bridgehead atoms. The molecular formula is C15H19N3O3. The fourth-order valence-electron chi connectivity index (χ4n) is 1.65. The lowest BCUT2D eigenvalue weighted by atomic mass is 10.0. The minimum Gasteiger partial charge on any atom is -0.480 e. The van der Waals surface area contributed by atoms with Gasteiger partial charge in [-0.25, -0.2) is 0 Å². The van der Waals surface area contributed by atoms with Gasteiger partial charge in [-0.15, -0.1) is 0 Å². The Labute approximate surface area is 124 Å². The van der Waals surface area contributed by atoms with Crippen molar-refractivity contribution < 1.29 is 14.7 Å². The van der Waals surface area contributed by atoms with E-state index in [0.717, 1.165) is 0 Å². The number of anilines is 1. The largest absolute Gasteiger partial charge is 0.480 e. The van der Waals surface area contributed by atoms with Crippen LogP contribution >= 0.6 is 0 Å². The van der Waals surface area contributed by atoms with Crippen LogP contribution in [-0.4, -0.2) is 47.6 Å². The van der Waals surface area contributed by atoms with Gasteiger partial charge in [0.25, 0.3) is 0 Å². The molecule has 0 radical (unpaired) electrons. The summed E-state index contributed by atoms with van der Waals surface area (Å²) in [5.74, 6) is -1.33. The van der Waals surface area contributed by atoms with E-state index < -0.39 is 11.5 Å². The van der Waals surface area contributed by atoms with Crippen LogP contribution in [-0.2, 0) is 9.59 Å². The summed E-state index contributed by atoms with van der Waals surface area (Å²) >= 11 is 0. The molecule has 1 aromatic rings. The number of hydrogen-bond donors (Lipinski definition) is 1. The van der Waals surface area contributed by atoms with Crippen molar-refractivity contribution in [1.82, 2.24) is 4.90 Å². The van der Waals surface area contributed by atoms with Gasteiger partial charge in [0.1, 0.15) is 12.1 Å². The molecule has 1 rings (SSSR count). The first-order chi connectivity index (χ1) is 9.80. The highest BCUT2D eigenvalue weighted by Crippen LogP contribution is 2.16. The molecule has 6 heteroatoms. The Morgan fingerprint density at radius 1 is 1.29 bits per heavy atom. The summed E-state index contributed by atoms with van der Waals surface area (Å²) in [5, 5.41) is 18.0. The van der Waals surface area contributed by atoms with Gasteiger partial charge < -0.3 is 5.11 Å². The standard InChI is InChI=1S/C15H19N3O3/c1-15(2,14(20)21)17(3)11-13(19)18(10-9-16)12-7-5-4-6-8-12/h4-8H,10-11H2,1-3H3,(H,20,21). The second kappa shape index (κ2) is 6.86. The lowest BCUT2D eigenvalue weighted by Crippen LogP contribution is -2.52. The SMILES string of the molecule is CN(CC(=O)N(CC#N)c1ccccc1)C(C)(C)C(=O)O. The molecule has 0 aliphatic rings. The maximum absolute atomic E-state index is 12.4. The number of nitrogens with zero attached hydrogens (tertiary/aromatic N) is 3. The Morgan fingerprint density at radius 2 is 1.86 bits per heavy atom. The number of carboxylic acid groups (broad SMARTS) is 1. The number of hydrogen-bond acceptors (Lipinski definition) is 4. The van der Waals surface area contributed by atoms with Crippen LogP contribution in [0, 0.1) is 11.3 Å². The van der Waals surface area contributed by atoms with Gasteiger partial charge in [0.05, 0.1) is 12.6 Å². The fourth-order valence-corrected chi connectivity index (χ4v) is 1.65. The van der Waals surface area contributed by atoms with Crippen molar-refractivity contribution in [3.8, 4) is 6.07 Å². The molecule has 0 saturated carbocycles. The second-order valence-corrected chi connectivity index (χ2v) is 5.19. The van der Waals surface area contributed by atoms with Crippen molar-refractivity contribution in [3.05, 3.63) is 30.3 Å². The third-order valence-corrected chi connectivity index (χ3v) is 3.45. The zero-order chi connectivity index (χ0) is 16.0. The molecule has 1 amide bonds. The van der Waals surface area contributed by atoms with E-state index in [1.165, 1.54) is 23.6 Å². The smallest absolute Gasteiger partial charge is 0.323 e. The number of carbonyl (C=O) groups excluding carboxylic acids is 1. The fraction of sp³-hybridized carbons (Fsp3) is 0.400. The normalized spacial score (nSPS) is 11.0. The van der Waals surface area contributed by atoms with Crippen LogP contribution in [0.3, 0.4) is 0 Å². The summed E-state index contributed by atoms with van der Waals surface area (Å²) in [5.41, 5.74) is -0.546. The molecule has 0 atom stereocenters. The van der Waals surface area contributed by atoms with Crippen molar-refractivity contribution in [2.45, 2.75) is 19.4 Å². The van der Waals surface area contributed by atoms with Crippen LogP contribution in [0.15, 0.2) is 30.3 Å². The third-order valence-electron chi connectivity index (χ3n) is 3.45. The Balaban J connectivity index is 2.89. The van der Waals surface area contributed by atoms with Gasteiger partial charge >= 0.3 is 5.97 Å². The lowest BCUT2D eigenvalue weighted by Gasteiger charge is -2.32. The Morgan fingerprint density at radius 3 is 2.33 bits per heavy atom. The average molecular weight is 289 g/mol. The zero-order valence-corrected chi connectivity index (χ0v) is 12.4. The summed E-state index contributed by atoms with van der Waals surface area (Å²) in [6, 6.07) is 10.8. The van der Waals surface area contributed by atoms with E-state index in [-0.39, 0.29) is 19.0 Å². The quantitative estimate of drug-likeness (QED) is 0.799. The molecule has 0 spiro atoms. The van der Waals surface area contributed by atoms with Crippen LogP contribution in [0.4, 0.5) is 5.69 Å². The second-order valence-electron chi connectivity index (χ2n) is 5.19. The van der Waals surface area contributed by atoms with E-state index in [0.29, 0.717) is 5.69 Å². The van der Waals surface area contributed by atoms with Gasteiger partial charge in [-0.1, -0.05) is 18.2 Å². The van der Waals surface area contributed by atoms with E-state index in [9.17, 15) is 9.59 Å². The first-order valence-electron chi connectivity index (χ1n) is 6.47. The monoisotopic (exact) mass is 289 g/mol. The molecule has 0 fully saturated rings. The van der Waals surface area contributed by atoms with Crippen molar-refractivity contribution in [1.29, 1.82) is 5.26 Å². The highest BCUT2D eigenvalue weighted by atomic mass is 16.4. The van der Waals surface area contributed by atoms with Gasteiger partial charge in [0.15, 0.2) is 0 Å². The van der Waals surface area contributed by atoms with E-state index in [4.69, 9.17) is 10.4 Å². The number of rotatable bonds is 6. The Hall–Kier alpha value is -2.39. The molecule has 1 N–H and O–H groups in total. The summed E-state index contributed by atoms with van der Waals surface area (Å²) in [4.78, 5) is 26.3. The van der Waals surface area contributed by atoms with Gasteiger partial charge in [0.2, 0.25) is 5.91 Å². The van der Waals surface area contributed by atoms with Crippen LogP contribution in [0.25, 0.3) is 0 Å². The van der Waals surface area contributed by atoms with Crippen molar-refractivity contribution in [3.63, 3.8) is 0 Å². The minimum atomic E-state index is -1.16. The van der Waals surface area contributed by atoms with E-state index >= 15 is 0 Å². The Bertz CT molecular complexity index is 549. The van der Waals surface area contributed by atoms with Crippen LogP contribution in [0.2, 0.25) is 0 Å². The number of amides is 1. The van der Waals surface area contributed by atoms with Crippen LogP contribution in [0.5, 0.6) is 0 Å². The van der Waals surface area contributed by atoms with Gasteiger partial charge in [-0.3, -0.25) is 19.4 Å². The van der Waals surface area contributed by atoms with Gasteiger partial charge in [-0.05, 0) is 33.0 Å².